The summed E-state index contributed by atoms with van der Waals surface area (Å²) in [5, 5.41) is 0.557. The Morgan fingerprint density at radius 1 is 1.11 bits per heavy atom. The maximum absolute atomic E-state index is 13.3. The molecule has 0 unspecified atom stereocenters. The van der Waals surface area contributed by atoms with E-state index in [9.17, 15) is 9.18 Å². The number of ether oxygens (including phenoxy) is 1. The number of halogens is 1. The Kier molecular flexibility index (Phi) is 4.44. The van der Waals surface area contributed by atoms with Crippen molar-refractivity contribution >= 4 is 49.0 Å². The molecule has 2 aromatic carbocycles. The number of fused-ring (bicyclic) bond motifs is 2. The number of aromatic nitrogens is 2. The van der Waals surface area contributed by atoms with E-state index in [1.807, 2.05) is 23.1 Å². The lowest BCUT2D eigenvalue weighted by Gasteiger charge is -2.31. The van der Waals surface area contributed by atoms with Gasteiger partial charge in [0.25, 0.3) is 11.1 Å². The van der Waals surface area contributed by atoms with Crippen LogP contribution in [0, 0.1) is 5.82 Å². The van der Waals surface area contributed by atoms with Gasteiger partial charge in [0.05, 0.1) is 25.9 Å². The second kappa shape index (κ2) is 7.10. The molecule has 1 fully saturated rings. The first-order chi connectivity index (χ1) is 13.7. The molecule has 0 atom stereocenters. The first-order valence-electron chi connectivity index (χ1n) is 9.01. The topological polar surface area (TPSA) is 55.3 Å². The van der Waals surface area contributed by atoms with Crippen LogP contribution < -0.4 is 4.74 Å². The number of carbonyl (C=O) groups excluding carboxylic acids is 1. The minimum absolute atomic E-state index is 0.0124. The third-order valence-corrected chi connectivity index (χ3v) is 6.61. The number of benzene rings is 2. The zero-order valence-electron chi connectivity index (χ0n) is 14.8. The number of piperidine rings is 1. The maximum Gasteiger partial charge on any atom is 0.274 e. The molecule has 1 amide bonds. The second-order valence-electron chi connectivity index (χ2n) is 6.74. The molecule has 28 heavy (non-hydrogen) atoms. The molecule has 1 aliphatic rings. The maximum atomic E-state index is 13.3. The predicted molar refractivity (Wildman–Crippen MR) is 109 cm³/mol. The fourth-order valence-electron chi connectivity index (χ4n) is 3.42. The standard InChI is InChI=1S/C20H16FN3O2S2/c21-13-2-4-16-18(10-13)28-20(23-16)26-14-5-7-24(8-6-14)19(25)12-1-3-15-17(9-12)27-11-22-15/h1-4,9-11,14H,5-8H2. The molecule has 142 valence electrons. The molecule has 0 N–H and O–H groups in total. The van der Waals surface area contributed by atoms with Gasteiger partial charge in [-0.2, -0.15) is 0 Å². The lowest BCUT2D eigenvalue weighted by Crippen LogP contribution is -2.41. The quantitative estimate of drug-likeness (QED) is 0.487. The van der Waals surface area contributed by atoms with E-state index < -0.39 is 0 Å². The van der Waals surface area contributed by atoms with Gasteiger partial charge in [0, 0.05) is 31.5 Å². The lowest BCUT2D eigenvalue weighted by atomic mass is 10.1. The summed E-state index contributed by atoms with van der Waals surface area (Å²) in [7, 11) is 0. The molecule has 0 radical (unpaired) electrons. The van der Waals surface area contributed by atoms with Crippen molar-refractivity contribution in [3.05, 3.63) is 53.3 Å². The number of carbonyl (C=O) groups is 1. The molecular formula is C20H16FN3O2S2. The Balaban J connectivity index is 1.23. The summed E-state index contributed by atoms with van der Waals surface area (Å²) in [5.41, 5.74) is 4.15. The van der Waals surface area contributed by atoms with Crippen molar-refractivity contribution in [1.82, 2.24) is 14.9 Å². The van der Waals surface area contributed by atoms with E-state index in [0.29, 0.717) is 23.8 Å². The van der Waals surface area contributed by atoms with Crippen LogP contribution in [0.4, 0.5) is 4.39 Å². The average Bonchev–Trinajstić information content (AvgIpc) is 3.33. The van der Waals surface area contributed by atoms with Crippen LogP contribution in [0.1, 0.15) is 23.2 Å². The summed E-state index contributed by atoms with van der Waals surface area (Å²) in [4.78, 5) is 23.3. The zero-order valence-corrected chi connectivity index (χ0v) is 16.4. The molecule has 0 aliphatic carbocycles. The van der Waals surface area contributed by atoms with Gasteiger partial charge in [-0.3, -0.25) is 4.79 Å². The van der Waals surface area contributed by atoms with Crippen LogP contribution >= 0.6 is 22.7 Å². The van der Waals surface area contributed by atoms with E-state index in [0.717, 1.165) is 33.3 Å². The van der Waals surface area contributed by atoms with E-state index in [4.69, 9.17) is 4.74 Å². The Morgan fingerprint density at radius 3 is 2.79 bits per heavy atom. The smallest absolute Gasteiger partial charge is 0.274 e. The summed E-state index contributed by atoms with van der Waals surface area (Å²) >= 11 is 2.89. The fourth-order valence-corrected chi connectivity index (χ4v) is 5.04. The van der Waals surface area contributed by atoms with E-state index in [2.05, 4.69) is 9.97 Å². The largest absolute Gasteiger partial charge is 0.467 e. The number of hydrogen-bond donors (Lipinski definition) is 0. The van der Waals surface area contributed by atoms with E-state index in [1.54, 1.807) is 11.6 Å². The summed E-state index contributed by atoms with van der Waals surface area (Å²) < 4.78 is 21.1. The van der Waals surface area contributed by atoms with Crippen molar-refractivity contribution in [1.29, 1.82) is 0 Å². The summed E-state index contributed by atoms with van der Waals surface area (Å²) in [5.74, 6) is -0.227. The fraction of sp³-hybridized carbons (Fsp3) is 0.250. The second-order valence-corrected chi connectivity index (χ2v) is 8.62. The van der Waals surface area contributed by atoms with E-state index >= 15 is 0 Å². The highest BCUT2D eigenvalue weighted by molar-refractivity contribution is 7.20. The highest BCUT2D eigenvalue weighted by Crippen LogP contribution is 2.30. The minimum atomic E-state index is -0.272. The average molecular weight is 413 g/mol. The van der Waals surface area contributed by atoms with E-state index in [-0.39, 0.29) is 17.8 Å². The molecule has 4 aromatic rings. The van der Waals surface area contributed by atoms with Crippen molar-refractivity contribution in [2.45, 2.75) is 18.9 Å². The zero-order chi connectivity index (χ0) is 19.1. The molecule has 3 heterocycles. The van der Waals surface area contributed by atoms with Gasteiger partial charge in [0.15, 0.2) is 0 Å². The van der Waals surface area contributed by atoms with Gasteiger partial charge in [-0.05, 0) is 36.4 Å². The number of thiazole rings is 2. The van der Waals surface area contributed by atoms with Crippen LogP contribution in [0.15, 0.2) is 41.9 Å². The van der Waals surface area contributed by atoms with Crippen molar-refractivity contribution < 1.29 is 13.9 Å². The lowest BCUT2D eigenvalue weighted by molar-refractivity contribution is 0.0595. The van der Waals surface area contributed by atoms with Crippen molar-refractivity contribution in [2.75, 3.05) is 13.1 Å². The Bertz CT molecular complexity index is 1160. The monoisotopic (exact) mass is 413 g/mol. The minimum Gasteiger partial charge on any atom is -0.467 e. The van der Waals surface area contributed by atoms with Gasteiger partial charge < -0.3 is 9.64 Å². The molecule has 5 nitrogen and oxygen atoms in total. The number of rotatable bonds is 3. The number of nitrogens with zero attached hydrogens (tertiary/aromatic N) is 3. The summed E-state index contributed by atoms with van der Waals surface area (Å²) in [6, 6.07) is 10.2. The van der Waals surface area contributed by atoms with Crippen LogP contribution in [0.5, 0.6) is 5.19 Å². The molecule has 8 heteroatoms. The van der Waals surface area contributed by atoms with E-state index in [1.165, 1.54) is 34.8 Å². The van der Waals surface area contributed by atoms with Crippen LogP contribution in [0.2, 0.25) is 0 Å². The van der Waals surface area contributed by atoms with Crippen molar-refractivity contribution in [3.63, 3.8) is 0 Å². The third-order valence-electron chi connectivity index (χ3n) is 4.91. The first-order valence-corrected chi connectivity index (χ1v) is 10.7. The normalized spacial score (nSPS) is 15.4. The van der Waals surface area contributed by atoms with Gasteiger partial charge in [-0.15, -0.1) is 11.3 Å². The van der Waals surface area contributed by atoms with Gasteiger partial charge in [-0.1, -0.05) is 11.3 Å². The number of amides is 1. The van der Waals surface area contributed by atoms with Crippen LogP contribution in [-0.2, 0) is 0 Å². The predicted octanol–water partition coefficient (Wildman–Crippen LogP) is 4.73. The van der Waals surface area contributed by atoms with Crippen molar-refractivity contribution in [3.8, 4) is 5.19 Å². The summed E-state index contributed by atoms with van der Waals surface area (Å²) in [6.07, 6.45) is 1.51. The Hall–Kier alpha value is -2.58. The van der Waals surface area contributed by atoms with Crippen LogP contribution in [-0.4, -0.2) is 40.0 Å². The molecule has 2 aromatic heterocycles. The Labute approximate surface area is 168 Å². The molecule has 0 saturated carbocycles. The Morgan fingerprint density at radius 2 is 1.93 bits per heavy atom. The number of hydrogen-bond acceptors (Lipinski definition) is 6. The van der Waals surface area contributed by atoms with Gasteiger partial charge in [0.1, 0.15) is 11.9 Å². The van der Waals surface area contributed by atoms with Crippen LogP contribution in [0.25, 0.3) is 20.4 Å². The summed E-state index contributed by atoms with van der Waals surface area (Å²) in [6.45, 7) is 1.29. The first kappa shape index (κ1) is 17.5. The van der Waals surface area contributed by atoms with Crippen LogP contribution in [0.3, 0.4) is 0 Å². The molecule has 0 spiro atoms. The van der Waals surface area contributed by atoms with Crippen molar-refractivity contribution in [2.24, 2.45) is 0 Å². The molecule has 1 saturated heterocycles. The SMILES string of the molecule is O=C(c1ccc2ncsc2c1)N1CCC(Oc2nc3ccc(F)cc3s2)CC1. The highest BCUT2D eigenvalue weighted by Gasteiger charge is 2.25. The number of likely N-dealkylation sites (tertiary alicyclic amines) is 1. The molecule has 1 aliphatic heterocycles. The molecular weight excluding hydrogens is 397 g/mol. The van der Waals surface area contributed by atoms with Gasteiger partial charge in [-0.25, -0.2) is 14.4 Å². The molecule has 5 rings (SSSR count). The highest BCUT2D eigenvalue weighted by atomic mass is 32.1. The molecule has 0 bridgehead atoms. The van der Waals surface area contributed by atoms with Gasteiger partial charge in [0.2, 0.25) is 0 Å². The third kappa shape index (κ3) is 3.33. The van der Waals surface area contributed by atoms with Gasteiger partial charge >= 0.3 is 0 Å².